The van der Waals surface area contributed by atoms with Gasteiger partial charge in [0.1, 0.15) is 5.78 Å². The summed E-state index contributed by atoms with van der Waals surface area (Å²) in [7, 11) is 0. The van der Waals surface area contributed by atoms with Gasteiger partial charge in [-0.15, -0.1) is 0 Å². The number of amides is 1. The zero-order chi connectivity index (χ0) is 15.0. The highest BCUT2D eigenvalue weighted by Gasteiger charge is 2.41. The second-order valence-corrected chi connectivity index (χ2v) is 6.77. The Labute approximate surface area is 134 Å². The van der Waals surface area contributed by atoms with E-state index in [1.54, 1.807) is 18.2 Å². The van der Waals surface area contributed by atoms with Gasteiger partial charge in [0, 0.05) is 17.8 Å². The Kier molecular flexibility index (Phi) is 4.23. The lowest BCUT2D eigenvalue weighted by Gasteiger charge is -2.37. The van der Waals surface area contributed by atoms with Crippen LogP contribution < -0.4 is 5.32 Å². The fourth-order valence-corrected chi connectivity index (χ4v) is 3.88. The molecule has 2 aliphatic rings. The first-order valence-electron chi connectivity index (χ1n) is 7.35. The number of ketones is 1. The van der Waals surface area contributed by atoms with Gasteiger partial charge in [-0.3, -0.25) is 9.59 Å². The molecule has 1 aromatic rings. The highest BCUT2D eigenvalue weighted by Crippen LogP contribution is 2.40. The number of nitrogens with one attached hydrogen (secondary N) is 1. The van der Waals surface area contributed by atoms with E-state index >= 15 is 0 Å². The van der Waals surface area contributed by atoms with Crippen molar-refractivity contribution in [1.82, 2.24) is 0 Å². The summed E-state index contributed by atoms with van der Waals surface area (Å²) in [5, 5.41) is 3.64. The van der Waals surface area contributed by atoms with Crippen LogP contribution >= 0.6 is 23.2 Å². The maximum absolute atomic E-state index is 12.4. The molecular formula is C16H17Cl2NO2. The zero-order valence-electron chi connectivity index (χ0n) is 11.6. The number of carbonyl (C=O) groups is 2. The van der Waals surface area contributed by atoms with E-state index in [0.29, 0.717) is 34.4 Å². The number of rotatable bonds is 2. The summed E-state index contributed by atoms with van der Waals surface area (Å²) < 4.78 is 0. The number of hydrogen-bond donors (Lipinski definition) is 1. The van der Waals surface area contributed by atoms with E-state index in [-0.39, 0.29) is 23.7 Å². The third kappa shape index (κ3) is 2.95. The van der Waals surface area contributed by atoms with Crippen LogP contribution in [0, 0.1) is 17.8 Å². The Balaban J connectivity index is 1.71. The van der Waals surface area contributed by atoms with E-state index in [1.165, 1.54) is 0 Å². The number of Topliss-reactive ketones (excluding diaryl/α,β-unsaturated/α-hetero) is 1. The summed E-state index contributed by atoms with van der Waals surface area (Å²) >= 11 is 12.0. The van der Waals surface area contributed by atoms with Crippen molar-refractivity contribution in [2.24, 2.45) is 17.8 Å². The first-order valence-corrected chi connectivity index (χ1v) is 8.10. The minimum absolute atomic E-state index is 0.0523. The van der Waals surface area contributed by atoms with Crippen molar-refractivity contribution in [3.05, 3.63) is 28.2 Å². The van der Waals surface area contributed by atoms with E-state index < -0.39 is 0 Å². The Morgan fingerprint density at radius 1 is 1.14 bits per heavy atom. The van der Waals surface area contributed by atoms with Crippen LogP contribution in [0.3, 0.4) is 0 Å². The molecule has 3 rings (SSSR count). The molecule has 0 saturated heterocycles. The van der Waals surface area contributed by atoms with Crippen LogP contribution in [0.15, 0.2) is 18.2 Å². The maximum atomic E-state index is 12.4. The molecule has 0 radical (unpaired) electrons. The van der Waals surface area contributed by atoms with Crippen molar-refractivity contribution in [2.75, 3.05) is 5.32 Å². The summed E-state index contributed by atoms with van der Waals surface area (Å²) in [5.74, 6) is 0.355. The number of carbonyl (C=O) groups excluding carboxylic acids is 2. The van der Waals surface area contributed by atoms with Crippen LogP contribution in [-0.2, 0) is 9.59 Å². The second kappa shape index (κ2) is 5.98. The van der Waals surface area contributed by atoms with Gasteiger partial charge < -0.3 is 5.32 Å². The Morgan fingerprint density at radius 3 is 2.48 bits per heavy atom. The molecule has 0 heterocycles. The molecular weight excluding hydrogens is 309 g/mol. The van der Waals surface area contributed by atoms with Gasteiger partial charge in [-0.1, -0.05) is 35.7 Å². The molecule has 2 fully saturated rings. The maximum Gasteiger partial charge on any atom is 0.227 e. The van der Waals surface area contributed by atoms with E-state index in [2.05, 4.69) is 5.32 Å². The number of halogens is 2. The molecule has 3 nitrogen and oxygen atoms in total. The van der Waals surface area contributed by atoms with Gasteiger partial charge in [0.05, 0.1) is 15.7 Å². The molecule has 2 saturated carbocycles. The molecule has 21 heavy (non-hydrogen) atoms. The average molecular weight is 326 g/mol. The lowest BCUT2D eigenvalue weighted by atomic mass is 9.67. The molecule has 0 spiro atoms. The topological polar surface area (TPSA) is 46.2 Å². The standard InChI is InChI=1S/C16H17Cl2NO2/c17-12-5-2-6-13(14(12)18)19-16(21)11-7-9-3-1-4-10(8-11)15(9)20/h2,5-6,9-11H,1,3-4,7-8H2,(H,19,21)/t9-,10-/m0/s1. The summed E-state index contributed by atoms with van der Waals surface area (Å²) in [5.41, 5.74) is 0.538. The first-order chi connectivity index (χ1) is 10.1. The molecule has 0 aliphatic heterocycles. The van der Waals surface area contributed by atoms with Crippen molar-refractivity contribution < 1.29 is 9.59 Å². The van der Waals surface area contributed by atoms with Gasteiger partial charge in [-0.2, -0.15) is 0 Å². The second-order valence-electron chi connectivity index (χ2n) is 5.99. The van der Waals surface area contributed by atoms with Gasteiger partial charge >= 0.3 is 0 Å². The minimum atomic E-state index is -0.104. The van der Waals surface area contributed by atoms with Gasteiger partial charge in [-0.25, -0.2) is 0 Å². The zero-order valence-corrected chi connectivity index (χ0v) is 13.1. The number of fused-ring (bicyclic) bond motifs is 2. The molecule has 1 N–H and O–H groups in total. The molecule has 112 valence electrons. The predicted octanol–water partition coefficient (Wildman–Crippen LogP) is 4.33. The predicted molar refractivity (Wildman–Crippen MR) is 83.7 cm³/mol. The van der Waals surface area contributed by atoms with Gasteiger partial charge in [-0.05, 0) is 37.8 Å². The SMILES string of the molecule is O=C(Nc1cccc(Cl)c1Cl)C1C[C@@H]2CCC[C@@H](C1)C2=O. The lowest BCUT2D eigenvalue weighted by molar-refractivity contribution is -0.136. The van der Waals surface area contributed by atoms with Crippen molar-refractivity contribution >= 4 is 40.6 Å². The van der Waals surface area contributed by atoms with Gasteiger partial charge in [0.15, 0.2) is 0 Å². The van der Waals surface area contributed by atoms with Crippen molar-refractivity contribution in [1.29, 1.82) is 0 Å². The summed E-state index contributed by atoms with van der Waals surface area (Å²) in [6, 6.07) is 5.17. The molecule has 2 bridgehead atoms. The Bertz CT molecular complexity index is 572. The Hall–Kier alpha value is -1.06. The van der Waals surface area contributed by atoms with E-state index in [1.807, 2.05) is 0 Å². The number of anilines is 1. The fourth-order valence-electron chi connectivity index (χ4n) is 3.53. The van der Waals surface area contributed by atoms with Crippen LogP contribution in [0.1, 0.15) is 32.1 Å². The molecule has 1 aromatic carbocycles. The summed E-state index contributed by atoms with van der Waals surface area (Å²) in [4.78, 5) is 24.5. The van der Waals surface area contributed by atoms with Crippen molar-refractivity contribution in [2.45, 2.75) is 32.1 Å². The Morgan fingerprint density at radius 2 is 1.81 bits per heavy atom. The molecule has 0 aromatic heterocycles. The summed E-state index contributed by atoms with van der Waals surface area (Å²) in [6.07, 6.45) is 4.29. The smallest absolute Gasteiger partial charge is 0.227 e. The largest absolute Gasteiger partial charge is 0.324 e. The van der Waals surface area contributed by atoms with Gasteiger partial charge in [0.25, 0.3) is 0 Å². The fraction of sp³-hybridized carbons (Fsp3) is 0.500. The van der Waals surface area contributed by atoms with Crippen LogP contribution in [0.5, 0.6) is 0 Å². The molecule has 5 heteroatoms. The van der Waals surface area contributed by atoms with Crippen molar-refractivity contribution in [3.63, 3.8) is 0 Å². The third-order valence-electron chi connectivity index (χ3n) is 4.63. The molecule has 1 amide bonds. The van der Waals surface area contributed by atoms with E-state index in [4.69, 9.17) is 23.2 Å². The quantitative estimate of drug-likeness (QED) is 0.879. The minimum Gasteiger partial charge on any atom is -0.324 e. The lowest BCUT2D eigenvalue weighted by Crippen LogP contribution is -2.40. The molecule has 2 aliphatic carbocycles. The van der Waals surface area contributed by atoms with Crippen LogP contribution in [-0.4, -0.2) is 11.7 Å². The molecule has 2 atom stereocenters. The van der Waals surface area contributed by atoms with Crippen LogP contribution in [0.4, 0.5) is 5.69 Å². The summed E-state index contributed by atoms with van der Waals surface area (Å²) in [6.45, 7) is 0. The number of benzene rings is 1. The van der Waals surface area contributed by atoms with Crippen molar-refractivity contribution in [3.8, 4) is 0 Å². The van der Waals surface area contributed by atoms with E-state index in [0.717, 1.165) is 19.3 Å². The normalized spacial score (nSPS) is 28.3. The molecule has 0 unspecified atom stereocenters. The highest BCUT2D eigenvalue weighted by atomic mass is 35.5. The van der Waals surface area contributed by atoms with Crippen LogP contribution in [0.25, 0.3) is 0 Å². The average Bonchev–Trinajstić information content (AvgIpc) is 2.43. The van der Waals surface area contributed by atoms with E-state index in [9.17, 15) is 9.59 Å². The van der Waals surface area contributed by atoms with Gasteiger partial charge in [0.2, 0.25) is 5.91 Å². The van der Waals surface area contributed by atoms with Crippen LogP contribution in [0.2, 0.25) is 10.0 Å². The third-order valence-corrected chi connectivity index (χ3v) is 5.45. The number of hydrogen-bond acceptors (Lipinski definition) is 2. The monoisotopic (exact) mass is 325 g/mol. The highest BCUT2D eigenvalue weighted by molar-refractivity contribution is 6.44. The first kappa shape index (κ1) is 14.9.